The van der Waals surface area contributed by atoms with Gasteiger partial charge in [-0.05, 0) is 17.9 Å². The Morgan fingerprint density at radius 3 is 1.79 bits per heavy atom. The number of hydrogen-bond donors (Lipinski definition) is 0. The van der Waals surface area contributed by atoms with Crippen LogP contribution in [0.25, 0.3) is 5.65 Å². The standard InChI is InChI=1S/C6H5N3.2C4H10.C2H6/c1-3-7-6-2-4-8-9(6)5-1;2*1-4(2)3;1-2/h1-5H;2*4H,1-3H3;1-2H3. The summed E-state index contributed by atoms with van der Waals surface area (Å²) in [6.07, 6.45) is 5.34. The number of hydrogen-bond acceptors (Lipinski definition) is 2. The molecule has 2 aromatic heterocycles. The molecule has 0 unspecified atom stereocenters. The van der Waals surface area contributed by atoms with E-state index < -0.39 is 0 Å². The van der Waals surface area contributed by atoms with Crippen molar-refractivity contribution in [2.24, 2.45) is 11.8 Å². The van der Waals surface area contributed by atoms with Gasteiger partial charge in [-0.1, -0.05) is 55.4 Å². The van der Waals surface area contributed by atoms with Gasteiger partial charge in [0.1, 0.15) is 0 Å². The predicted octanol–water partition coefficient (Wildman–Crippen LogP) is 5.08. The lowest BCUT2D eigenvalue weighted by molar-refractivity contribution is 0.736. The SMILES string of the molecule is CC.CC(C)C.CC(C)C.c1cnc2ccnn2c1. The molecule has 0 saturated carbocycles. The van der Waals surface area contributed by atoms with E-state index in [4.69, 9.17) is 0 Å². The minimum Gasteiger partial charge on any atom is -0.237 e. The van der Waals surface area contributed by atoms with E-state index in [9.17, 15) is 0 Å². The van der Waals surface area contributed by atoms with Gasteiger partial charge in [0.05, 0.1) is 6.20 Å². The normalized spacial score (nSPS) is 8.95. The van der Waals surface area contributed by atoms with Crippen molar-refractivity contribution in [1.82, 2.24) is 14.6 Å². The molecule has 2 heterocycles. The number of rotatable bonds is 0. The Kier molecular flexibility index (Phi) is 13.7. The molecule has 0 amide bonds. The molecule has 0 aromatic carbocycles. The van der Waals surface area contributed by atoms with Gasteiger partial charge in [-0.3, -0.25) is 0 Å². The molecule has 0 aliphatic carbocycles. The van der Waals surface area contributed by atoms with Gasteiger partial charge in [0, 0.05) is 18.5 Å². The smallest absolute Gasteiger partial charge is 0.154 e. The van der Waals surface area contributed by atoms with Crippen LogP contribution in [0.15, 0.2) is 30.7 Å². The molecule has 0 saturated heterocycles. The lowest BCUT2D eigenvalue weighted by Gasteiger charge is -1.85. The largest absolute Gasteiger partial charge is 0.237 e. The molecule has 3 nitrogen and oxygen atoms in total. The predicted molar refractivity (Wildman–Crippen MR) is 85.4 cm³/mol. The summed E-state index contributed by atoms with van der Waals surface area (Å²) in [6, 6.07) is 3.71. The van der Waals surface area contributed by atoms with Crippen LogP contribution in [-0.2, 0) is 0 Å². The summed E-state index contributed by atoms with van der Waals surface area (Å²) < 4.78 is 1.72. The second kappa shape index (κ2) is 13.1. The van der Waals surface area contributed by atoms with Gasteiger partial charge in [-0.2, -0.15) is 5.10 Å². The fourth-order valence-electron chi connectivity index (χ4n) is 0.764. The molecule has 0 fully saturated rings. The van der Waals surface area contributed by atoms with Crippen LogP contribution in [0.5, 0.6) is 0 Å². The Bertz CT molecular complexity index is 350. The maximum absolute atomic E-state index is 4.04. The van der Waals surface area contributed by atoms with Gasteiger partial charge in [0.25, 0.3) is 0 Å². The van der Waals surface area contributed by atoms with Crippen LogP contribution in [0.2, 0.25) is 0 Å². The summed E-state index contributed by atoms with van der Waals surface area (Å²) in [6.45, 7) is 17.0. The van der Waals surface area contributed by atoms with Crippen molar-refractivity contribution in [1.29, 1.82) is 0 Å². The molecule has 110 valence electrons. The van der Waals surface area contributed by atoms with Crippen molar-refractivity contribution < 1.29 is 0 Å². The number of aromatic nitrogens is 3. The Hall–Kier alpha value is -1.38. The van der Waals surface area contributed by atoms with E-state index in [1.54, 1.807) is 16.9 Å². The van der Waals surface area contributed by atoms with Gasteiger partial charge in [-0.15, -0.1) is 0 Å². The molecule has 0 aliphatic heterocycles. The van der Waals surface area contributed by atoms with Crippen molar-refractivity contribution in [3.63, 3.8) is 0 Å². The first-order chi connectivity index (χ1) is 8.93. The second-order valence-electron chi connectivity index (χ2n) is 5.22. The molecule has 0 aliphatic rings. The molecule has 0 atom stereocenters. The average Bonchev–Trinajstić information content (AvgIpc) is 2.78. The van der Waals surface area contributed by atoms with E-state index in [1.165, 1.54) is 0 Å². The Morgan fingerprint density at radius 2 is 1.37 bits per heavy atom. The summed E-state index contributed by atoms with van der Waals surface area (Å²) in [7, 11) is 0. The molecular formula is C16H31N3. The third-order valence-electron chi connectivity index (χ3n) is 1.17. The maximum Gasteiger partial charge on any atom is 0.154 e. The first-order valence-electron chi connectivity index (χ1n) is 7.17. The van der Waals surface area contributed by atoms with Gasteiger partial charge < -0.3 is 0 Å². The zero-order valence-corrected chi connectivity index (χ0v) is 13.9. The van der Waals surface area contributed by atoms with Gasteiger partial charge in [0.15, 0.2) is 5.65 Å². The molecule has 2 rings (SSSR count). The van der Waals surface area contributed by atoms with Crippen molar-refractivity contribution >= 4 is 5.65 Å². The first-order valence-corrected chi connectivity index (χ1v) is 7.17. The molecule has 19 heavy (non-hydrogen) atoms. The van der Waals surface area contributed by atoms with Crippen LogP contribution in [0.1, 0.15) is 55.4 Å². The minimum atomic E-state index is 0.833. The minimum absolute atomic E-state index is 0.833. The Labute approximate surface area is 119 Å². The van der Waals surface area contributed by atoms with Crippen molar-refractivity contribution in [2.45, 2.75) is 55.4 Å². The van der Waals surface area contributed by atoms with Gasteiger partial charge >= 0.3 is 0 Å². The summed E-state index contributed by atoms with van der Waals surface area (Å²) in [5, 5.41) is 3.97. The van der Waals surface area contributed by atoms with Crippen molar-refractivity contribution in [2.75, 3.05) is 0 Å². The van der Waals surface area contributed by atoms with E-state index in [2.05, 4.69) is 51.6 Å². The Balaban J connectivity index is 0. The van der Waals surface area contributed by atoms with Crippen LogP contribution < -0.4 is 0 Å². The summed E-state index contributed by atoms with van der Waals surface area (Å²) in [5.41, 5.74) is 0.887. The van der Waals surface area contributed by atoms with E-state index >= 15 is 0 Å². The molecule has 2 aromatic rings. The van der Waals surface area contributed by atoms with Crippen molar-refractivity contribution in [3.8, 4) is 0 Å². The van der Waals surface area contributed by atoms with Gasteiger partial charge in [-0.25, -0.2) is 9.50 Å². The molecular weight excluding hydrogens is 234 g/mol. The van der Waals surface area contributed by atoms with Crippen LogP contribution in [0.3, 0.4) is 0 Å². The zero-order chi connectivity index (χ0) is 15.3. The fourth-order valence-corrected chi connectivity index (χ4v) is 0.764. The van der Waals surface area contributed by atoms with Gasteiger partial charge in [0.2, 0.25) is 0 Å². The van der Waals surface area contributed by atoms with Crippen LogP contribution in [0, 0.1) is 11.8 Å². The van der Waals surface area contributed by atoms with Crippen LogP contribution >= 0.6 is 0 Å². The summed E-state index contributed by atoms with van der Waals surface area (Å²) >= 11 is 0. The highest BCUT2D eigenvalue weighted by molar-refractivity contribution is 5.33. The maximum atomic E-state index is 4.04. The molecule has 0 spiro atoms. The average molecular weight is 265 g/mol. The van der Waals surface area contributed by atoms with Crippen LogP contribution in [0.4, 0.5) is 0 Å². The van der Waals surface area contributed by atoms with Crippen molar-refractivity contribution in [3.05, 3.63) is 30.7 Å². The second-order valence-corrected chi connectivity index (χ2v) is 5.22. The monoisotopic (exact) mass is 265 g/mol. The third kappa shape index (κ3) is 14.6. The van der Waals surface area contributed by atoms with E-state index in [-0.39, 0.29) is 0 Å². The Morgan fingerprint density at radius 1 is 0.895 bits per heavy atom. The van der Waals surface area contributed by atoms with E-state index in [0.29, 0.717) is 0 Å². The van der Waals surface area contributed by atoms with Crippen LogP contribution in [-0.4, -0.2) is 14.6 Å². The lowest BCUT2D eigenvalue weighted by atomic mass is 10.3. The summed E-state index contributed by atoms with van der Waals surface area (Å²) in [5.74, 6) is 1.67. The highest BCUT2D eigenvalue weighted by atomic mass is 15.2. The topological polar surface area (TPSA) is 30.2 Å². The fraction of sp³-hybridized carbons (Fsp3) is 0.625. The number of nitrogens with zero attached hydrogens (tertiary/aromatic N) is 3. The quantitative estimate of drug-likeness (QED) is 0.665. The highest BCUT2D eigenvalue weighted by Crippen LogP contribution is 1.93. The lowest BCUT2D eigenvalue weighted by Crippen LogP contribution is -1.85. The molecule has 0 radical (unpaired) electrons. The molecule has 0 N–H and O–H groups in total. The highest BCUT2D eigenvalue weighted by Gasteiger charge is 1.87. The zero-order valence-electron chi connectivity index (χ0n) is 13.9. The summed E-state index contributed by atoms with van der Waals surface area (Å²) in [4.78, 5) is 4.04. The molecule has 0 bridgehead atoms. The third-order valence-corrected chi connectivity index (χ3v) is 1.17. The van der Waals surface area contributed by atoms with E-state index in [0.717, 1.165) is 17.5 Å². The first kappa shape index (κ1) is 19.9. The van der Waals surface area contributed by atoms with E-state index in [1.807, 2.05) is 32.2 Å². The number of fused-ring (bicyclic) bond motifs is 1. The molecule has 3 heteroatoms.